The molecule has 0 spiro atoms. The fourth-order valence-corrected chi connectivity index (χ4v) is 4.59. The predicted octanol–water partition coefficient (Wildman–Crippen LogP) is 5.02. The molecule has 0 bridgehead atoms. The van der Waals surface area contributed by atoms with Crippen LogP contribution in [-0.2, 0) is 12.6 Å². The van der Waals surface area contributed by atoms with Gasteiger partial charge in [-0.3, -0.25) is 0 Å². The van der Waals surface area contributed by atoms with Crippen LogP contribution in [0.4, 0.5) is 0 Å². The normalized spacial score (nSPS) is 13.2. The van der Waals surface area contributed by atoms with Gasteiger partial charge in [-0.1, -0.05) is 59.6 Å². The van der Waals surface area contributed by atoms with E-state index in [1.54, 1.807) is 41.5 Å². The van der Waals surface area contributed by atoms with Crippen LogP contribution in [0.5, 0.6) is 0 Å². The van der Waals surface area contributed by atoms with Crippen molar-refractivity contribution in [3.8, 4) is 11.1 Å². The van der Waals surface area contributed by atoms with Crippen LogP contribution in [0, 0.1) is 0 Å². The Bertz CT molecular complexity index is 1420. The predicted molar refractivity (Wildman–Crippen MR) is 125 cm³/mol. The van der Waals surface area contributed by atoms with Crippen LogP contribution >= 0.6 is 23.2 Å². The maximum absolute atomic E-state index is 12.0. The summed E-state index contributed by atoms with van der Waals surface area (Å²) in [5.74, 6) is 0.424. The first-order valence-electron chi connectivity index (χ1n) is 9.80. The van der Waals surface area contributed by atoms with Crippen LogP contribution in [-0.4, -0.2) is 29.6 Å². The monoisotopic (exact) mass is 461 g/mol. The third kappa shape index (κ3) is 3.24. The number of nitrogens with zero attached hydrogens (tertiary/aromatic N) is 5. The van der Waals surface area contributed by atoms with Crippen LogP contribution in [0.25, 0.3) is 22.0 Å². The molecule has 158 valence electrons. The molecule has 6 nitrogen and oxygen atoms in total. The van der Waals surface area contributed by atoms with E-state index in [1.807, 2.05) is 43.4 Å². The van der Waals surface area contributed by atoms with Gasteiger partial charge in [-0.25, -0.2) is 19.9 Å². The zero-order chi connectivity index (χ0) is 22.3. The lowest BCUT2D eigenvalue weighted by Crippen LogP contribution is -2.32. The summed E-state index contributed by atoms with van der Waals surface area (Å²) in [6.45, 7) is 0. The molecule has 5 aromatic rings. The van der Waals surface area contributed by atoms with Crippen molar-refractivity contribution in [2.75, 3.05) is 0 Å². The van der Waals surface area contributed by atoms with Crippen molar-refractivity contribution in [1.29, 1.82) is 0 Å². The lowest BCUT2D eigenvalue weighted by Gasteiger charge is -2.28. The van der Waals surface area contributed by atoms with E-state index in [9.17, 15) is 5.11 Å². The third-order valence-electron chi connectivity index (χ3n) is 5.48. The SMILES string of the molecule is Cn1ccnc1C(O)(c1cncnc1)c1ccc2nc(Cl)c(-c3ccccc3)c(Cl)c2c1. The van der Waals surface area contributed by atoms with Gasteiger partial charge in [0.05, 0.1) is 10.5 Å². The topological polar surface area (TPSA) is 76.7 Å². The largest absolute Gasteiger partial charge is 0.373 e. The highest BCUT2D eigenvalue weighted by molar-refractivity contribution is 6.42. The van der Waals surface area contributed by atoms with Gasteiger partial charge in [0.25, 0.3) is 0 Å². The van der Waals surface area contributed by atoms with Gasteiger partial charge in [0.2, 0.25) is 0 Å². The van der Waals surface area contributed by atoms with Gasteiger partial charge in [0.1, 0.15) is 17.3 Å². The number of rotatable bonds is 4. The molecule has 1 atom stereocenters. The lowest BCUT2D eigenvalue weighted by molar-refractivity contribution is 0.111. The number of aliphatic hydroxyl groups is 1. The van der Waals surface area contributed by atoms with Crippen molar-refractivity contribution in [3.05, 3.63) is 107 Å². The zero-order valence-electron chi connectivity index (χ0n) is 16.9. The maximum atomic E-state index is 12.0. The minimum Gasteiger partial charge on any atom is -0.373 e. The summed E-state index contributed by atoms with van der Waals surface area (Å²) in [7, 11) is 1.82. The summed E-state index contributed by atoms with van der Waals surface area (Å²) in [4.78, 5) is 17.1. The Labute approximate surface area is 194 Å². The molecule has 5 rings (SSSR count). The Morgan fingerprint density at radius 1 is 0.969 bits per heavy atom. The van der Waals surface area contributed by atoms with Gasteiger partial charge >= 0.3 is 0 Å². The molecule has 0 saturated carbocycles. The van der Waals surface area contributed by atoms with Crippen LogP contribution in [0.15, 0.2) is 79.6 Å². The minimum absolute atomic E-state index is 0.317. The van der Waals surface area contributed by atoms with Gasteiger partial charge < -0.3 is 9.67 Å². The number of pyridine rings is 1. The van der Waals surface area contributed by atoms with Crippen molar-refractivity contribution in [1.82, 2.24) is 24.5 Å². The van der Waals surface area contributed by atoms with Crippen molar-refractivity contribution in [2.24, 2.45) is 7.05 Å². The Morgan fingerprint density at radius 3 is 2.41 bits per heavy atom. The average Bonchev–Trinajstić information content (AvgIpc) is 3.26. The second-order valence-electron chi connectivity index (χ2n) is 7.39. The van der Waals surface area contributed by atoms with Gasteiger partial charge in [-0.15, -0.1) is 0 Å². The van der Waals surface area contributed by atoms with Crippen molar-refractivity contribution in [3.63, 3.8) is 0 Å². The molecule has 0 aliphatic carbocycles. The summed E-state index contributed by atoms with van der Waals surface area (Å²) < 4.78 is 1.76. The number of aryl methyl sites for hydroxylation is 1. The highest BCUT2D eigenvalue weighted by Crippen LogP contribution is 2.41. The first-order chi connectivity index (χ1) is 15.5. The quantitative estimate of drug-likeness (QED) is 0.380. The van der Waals surface area contributed by atoms with E-state index in [0.29, 0.717) is 43.6 Å². The second-order valence-corrected chi connectivity index (χ2v) is 8.12. The average molecular weight is 462 g/mol. The zero-order valence-corrected chi connectivity index (χ0v) is 18.5. The highest BCUT2D eigenvalue weighted by atomic mass is 35.5. The van der Waals surface area contributed by atoms with Crippen LogP contribution in [0.2, 0.25) is 10.2 Å². The van der Waals surface area contributed by atoms with E-state index in [0.717, 1.165) is 5.56 Å². The lowest BCUT2D eigenvalue weighted by atomic mass is 9.86. The van der Waals surface area contributed by atoms with E-state index in [-0.39, 0.29) is 0 Å². The molecule has 1 unspecified atom stereocenters. The maximum Gasteiger partial charge on any atom is 0.176 e. The number of hydrogen-bond donors (Lipinski definition) is 1. The van der Waals surface area contributed by atoms with Crippen LogP contribution in [0.3, 0.4) is 0 Å². The smallest absolute Gasteiger partial charge is 0.176 e. The summed E-state index contributed by atoms with van der Waals surface area (Å²) in [6, 6.07) is 15.0. The summed E-state index contributed by atoms with van der Waals surface area (Å²) in [6.07, 6.45) is 7.96. The number of benzene rings is 2. The molecule has 0 amide bonds. The first kappa shape index (κ1) is 20.6. The number of imidazole rings is 1. The molecular weight excluding hydrogens is 445 g/mol. The van der Waals surface area contributed by atoms with Gasteiger partial charge in [-0.2, -0.15) is 0 Å². The standard InChI is InChI=1S/C24H17Cl2N5O/c1-31-10-9-29-23(31)24(32,17-12-27-14-28-13-17)16-7-8-19-18(11-16)21(25)20(22(26)30-19)15-5-3-2-4-6-15/h2-14,32H,1H3. The molecule has 32 heavy (non-hydrogen) atoms. The van der Waals surface area contributed by atoms with E-state index in [1.165, 1.54) is 6.33 Å². The molecule has 0 aliphatic heterocycles. The molecular formula is C24H17Cl2N5O. The molecule has 3 aromatic heterocycles. The second kappa shape index (κ2) is 7.98. The third-order valence-corrected chi connectivity index (χ3v) is 6.15. The Balaban J connectivity index is 1.79. The molecule has 0 fully saturated rings. The Hall–Kier alpha value is -3.32. The van der Waals surface area contributed by atoms with Gasteiger partial charge in [0, 0.05) is 48.3 Å². The van der Waals surface area contributed by atoms with Gasteiger partial charge in [-0.05, 0) is 23.3 Å². The van der Waals surface area contributed by atoms with E-state index in [4.69, 9.17) is 23.2 Å². The van der Waals surface area contributed by atoms with Crippen molar-refractivity contribution >= 4 is 34.1 Å². The molecule has 2 aromatic carbocycles. The molecule has 3 heterocycles. The number of hydrogen-bond acceptors (Lipinski definition) is 5. The number of aromatic nitrogens is 5. The number of fused-ring (bicyclic) bond motifs is 1. The Kier molecular flexibility index (Phi) is 5.13. The number of halogens is 2. The highest BCUT2D eigenvalue weighted by Gasteiger charge is 2.38. The Morgan fingerprint density at radius 2 is 1.72 bits per heavy atom. The molecule has 8 heteroatoms. The molecule has 0 saturated heterocycles. The fourth-order valence-electron chi connectivity index (χ4n) is 3.90. The van der Waals surface area contributed by atoms with E-state index < -0.39 is 5.60 Å². The summed E-state index contributed by atoms with van der Waals surface area (Å²) in [5, 5.41) is 13.5. The van der Waals surface area contributed by atoms with Crippen molar-refractivity contribution in [2.45, 2.75) is 5.60 Å². The van der Waals surface area contributed by atoms with E-state index in [2.05, 4.69) is 19.9 Å². The fraction of sp³-hybridized carbons (Fsp3) is 0.0833. The van der Waals surface area contributed by atoms with Crippen molar-refractivity contribution < 1.29 is 5.11 Å². The minimum atomic E-state index is -1.61. The summed E-state index contributed by atoms with van der Waals surface area (Å²) >= 11 is 13.3. The van der Waals surface area contributed by atoms with E-state index >= 15 is 0 Å². The van der Waals surface area contributed by atoms with Crippen LogP contribution in [0.1, 0.15) is 17.0 Å². The molecule has 1 N–H and O–H groups in total. The first-order valence-corrected chi connectivity index (χ1v) is 10.6. The molecule has 0 aliphatic rings. The summed E-state index contributed by atoms with van der Waals surface area (Å²) in [5.41, 5.74) is 1.55. The van der Waals surface area contributed by atoms with Crippen LogP contribution < -0.4 is 0 Å². The molecule has 0 radical (unpaired) electrons. The van der Waals surface area contributed by atoms with Gasteiger partial charge in [0.15, 0.2) is 5.60 Å².